The first-order valence-corrected chi connectivity index (χ1v) is 13.7. The van der Waals surface area contributed by atoms with Gasteiger partial charge in [-0.25, -0.2) is 4.79 Å². The Morgan fingerprint density at radius 2 is 1.64 bits per heavy atom. The molecular weight excluding hydrogens is 536 g/mol. The molecule has 0 saturated carbocycles. The Morgan fingerprint density at radius 3 is 2.17 bits per heavy atom. The summed E-state index contributed by atoms with van der Waals surface area (Å²) in [5, 5.41) is 5.49. The minimum absolute atomic E-state index is 0.104. The van der Waals surface area contributed by atoms with Crippen LogP contribution in [-0.2, 0) is 19.1 Å². The van der Waals surface area contributed by atoms with Crippen LogP contribution in [0.2, 0.25) is 0 Å². The third-order valence-corrected chi connectivity index (χ3v) is 6.70. The number of anilines is 1. The second-order valence-corrected chi connectivity index (χ2v) is 11.4. The molecule has 2 atom stereocenters. The summed E-state index contributed by atoms with van der Waals surface area (Å²) < 4.78 is 10.6. The number of hydrogen-bond acceptors (Lipinski definition) is 6. The number of methoxy groups -OCH3 is 1. The summed E-state index contributed by atoms with van der Waals surface area (Å²) in [6.45, 7) is 10.6. The fraction of sp³-hybridized carbons (Fsp3) is 0.438. The number of nitrogens with zero attached hydrogens (tertiary/aromatic N) is 1. The molecule has 2 aromatic carbocycles. The molecule has 2 aromatic rings. The predicted molar refractivity (Wildman–Crippen MR) is 162 cm³/mol. The molecule has 2 rings (SSSR count). The number of primary amides is 1. The lowest BCUT2D eigenvalue weighted by Crippen LogP contribution is -2.59. The van der Waals surface area contributed by atoms with Crippen molar-refractivity contribution in [2.75, 3.05) is 12.4 Å². The highest BCUT2D eigenvalue weighted by Crippen LogP contribution is 2.35. The van der Waals surface area contributed by atoms with Gasteiger partial charge in [0.1, 0.15) is 23.4 Å². The van der Waals surface area contributed by atoms with Crippen LogP contribution < -0.4 is 21.1 Å². The van der Waals surface area contributed by atoms with Crippen molar-refractivity contribution in [3.05, 3.63) is 59.7 Å². The lowest BCUT2D eigenvalue weighted by Gasteiger charge is -2.44. The van der Waals surface area contributed by atoms with Crippen molar-refractivity contribution in [3.63, 3.8) is 0 Å². The van der Waals surface area contributed by atoms with Crippen molar-refractivity contribution >= 4 is 29.5 Å². The first kappa shape index (κ1) is 33.7. The van der Waals surface area contributed by atoms with E-state index in [2.05, 4.69) is 16.6 Å². The molecular formula is C32H42N4O6. The van der Waals surface area contributed by atoms with Crippen LogP contribution >= 0.6 is 0 Å². The predicted octanol–water partition coefficient (Wildman–Crippen LogP) is 4.53. The van der Waals surface area contributed by atoms with Crippen LogP contribution in [0.15, 0.2) is 48.5 Å². The molecule has 226 valence electrons. The fourth-order valence-corrected chi connectivity index (χ4v) is 4.26. The van der Waals surface area contributed by atoms with Gasteiger partial charge in [-0.1, -0.05) is 31.0 Å². The van der Waals surface area contributed by atoms with Gasteiger partial charge in [0.2, 0.25) is 11.8 Å². The number of hydrogen-bond donors (Lipinski definition) is 3. The van der Waals surface area contributed by atoms with Gasteiger partial charge in [-0.05, 0) is 83.4 Å². The average Bonchev–Trinajstić information content (AvgIpc) is 2.92. The van der Waals surface area contributed by atoms with E-state index in [1.54, 1.807) is 69.3 Å². The molecule has 0 aromatic heterocycles. The second kappa shape index (κ2) is 14.4. The molecule has 0 radical (unpaired) electrons. The van der Waals surface area contributed by atoms with E-state index < -0.39 is 47.0 Å². The van der Waals surface area contributed by atoms with Gasteiger partial charge in [-0.3, -0.25) is 14.4 Å². The maximum absolute atomic E-state index is 14.5. The van der Waals surface area contributed by atoms with Gasteiger partial charge in [0.15, 0.2) is 0 Å². The van der Waals surface area contributed by atoms with Gasteiger partial charge in [-0.2, -0.15) is 0 Å². The zero-order valence-electron chi connectivity index (χ0n) is 25.4. The molecule has 42 heavy (non-hydrogen) atoms. The number of alkyl carbamates (subject to hydrolysis) is 1. The Morgan fingerprint density at radius 1 is 1.02 bits per heavy atom. The molecule has 0 aliphatic heterocycles. The molecule has 0 spiro atoms. The molecule has 0 saturated heterocycles. The first-order chi connectivity index (χ1) is 19.6. The number of benzene rings is 2. The molecule has 0 heterocycles. The summed E-state index contributed by atoms with van der Waals surface area (Å²) in [4.78, 5) is 54.6. The van der Waals surface area contributed by atoms with Gasteiger partial charge < -0.3 is 30.7 Å². The Balaban J connectivity index is 2.69. The third kappa shape index (κ3) is 9.26. The summed E-state index contributed by atoms with van der Waals surface area (Å²) in [5.41, 5.74) is 4.97. The van der Waals surface area contributed by atoms with Gasteiger partial charge in [0, 0.05) is 23.2 Å². The van der Waals surface area contributed by atoms with E-state index in [0.29, 0.717) is 29.0 Å². The summed E-state index contributed by atoms with van der Waals surface area (Å²) in [5.74, 6) is 1.45. The van der Waals surface area contributed by atoms with Crippen LogP contribution in [0.25, 0.3) is 0 Å². The average molecular weight is 579 g/mol. The number of terminal acetylenes is 1. The normalized spacial score (nSPS) is 12.7. The number of carbonyl (C=O) groups excluding carboxylic acids is 4. The zero-order valence-corrected chi connectivity index (χ0v) is 25.4. The Labute approximate surface area is 248 Å². The van der Waals surface area contributed by atoms with E-state index in [1.165, 1.54) is 12.0 Å². The molecule has 0 aliphatic rings. The molecule has 10 heteroatoms. The molecule has 0 bridgehead atoms. The highest BCUT2D eigenvalue weighted by atomic mass is 16.6. The van der Waals surface area contributed by atoms with Crippen molar-refractivity contribution < 1.29 is 28.7 Å². The minimum Gasteiger partial charge on any atom is -0.497 e. The van der Waals surface area contributed by atoms with Gasteiger partial charge in [0.25, 0.3) is 5.91 Å². The van der Waals surface area contributed by atoms with E-state index in [4.69, 9.17) is 21.6 Å². The number of ether oxygens (including phenoxy) is 2. The number of nitrogens with two attached hydrogens (primary N) is 1. The number of nitrogens with one attached hydrogen (secondary N) is 2. The van der Waals surface area contributed by atoms with Crippen molar-refractivity contribution in [1.82, 2.24) is 10.2 Å². The zero-order chi connectivity index (χ0) is 31.7. The maximum Gasteiger partial charge on any atom is 0.408 e. The van der Waals surface area contributed by atoms with Crippen molar-refractivity contribution in [2.45, 2.75) is 84.0 Å². The van der Waals surface area contributed by atoms with Gasteiger partial charge in [-0.15, -0.1) is 6.42 Å². The number of amides is 4. The summed E-state index contributed by atoms with van der Waals surface area (Å²) in [7, 11) is 1.54. The molecule has 0 fully saturated rings. The highest BCUT2D eigenvalue weighted by molar-refractivity contribution is 5.99. The Bertz CT molecular complexity index is 1310. The van der Waals surface area contributed by atoms with E-state index in [-0.39, 0.29) is 12.8 Å². The van der Waals surface area contributed by atoms with Crippen LogP contribution in [0, 0.1) is 12.3 Å². The summed E-state index contributed by atoms with van der Waals surface area (Å²) in [6, 6.07) is 11.2. The fourth-order valence-electron chi connectivity index (χ4n) is 4.26. The van der Waals surface area contributed by atoms with Crippen molar-refractivity contribution in [2.24, 2.45) is 5.73 Å². The van der Waals surface area contributed by atoms with Crippen LogP contribution in [0.5, 0.6) is 5.75 Å². The molecule has 4 amide bonds. The SMILES string of the molecule is C#Cc1ccccc1C(C(=O)Nc1ccc(OC)cc1)N(C(=O)C(CCC(N)=O)NC(=O)OC(C)(C)C)C(C)(C)CC. The third-order valence-electron chi connectivity index (χ3n) is 6.70. The van der Waals surface area contributed by atoms with Crippen LogP contribution in [-0.4, -0.2) is 53.0 Å². The lowest BCUT2D eigenvalue weighted by atomic mass is 9.89. The lowest BCUT2D eigenvalue weighted by molar-refractivity contribution is -0.148. The first-order valence-electron chi connectivity index (χ1n) is 13.7. The number of carbonyl (C=O) groups is 4. The standard InChI is InChI=1S/C32H42N4O6/c1-9-21-13-11-12-14-24(21)27(28(38)34-22-15-17-23(41-8)18-16-22)36(32(6,7)10-2)29(39)25(19-20-26(33)37)35-30(40)42-31(3,4)5/h1,11-18,25,27H,10,19-20H2,2-8H3,(H2,33,37)(H,34,38)(H,35,40). The van der Waals surface area contributed by atoms with Crippen molar-refractivity contribution in [3.8, 4) is 18.1 Å². The molecule has 4 N–H and O–H groups in total. The Kier molecular flexibility index (Phi) is 11.5. The van der Waals surface area contributed by atoms with Crippen LogP contribution in [0.1, 0.15) is 78.0 Å². The van der Waals surface area contributed by atoms with Gasteiger partial charge in [0.05, 0.1) is 7.11 Å². The van der Waals surface area contributed by atoms with E-state index in [1.807, 2.05) is 20.8 Å². The minimum atomic E-state index is -1.23. The maximum atomic E-state index is 14.5. The van der Waals surface area contributed by atoms with E-state index >= 15 is 0 Å². The smallest absolute Gasteiger partial charge is 0.408 e. The highest BCUT2D eigenvalue weighted by Gasteiger charge is 2.43. The monoisotopic (exact) mass is 578 g/mol. The van der Waals surface area contributed by atoms with Gasteiger partial charge >= 0.3 is 6.09 Å². The second-order valence-electron chi connectivity index (χ2n) is 11.4. The number of rotatable bonds is 12. The molecule has 10 nitrogen and oxygen atoms in total. The summed E-state index contributed by atoms with van der Waals surface area (Å²) >= 11 is 0. The molecule has 2 unspecified atom stereocenters. The van der Waals surface area contributed by atoms with Crippen LogP contribution in [0.3, 0.4) is 0 Å². The molecule has 0 aliphatic carbocycles. The van der Waals surface area contributed by atoms with Crippen molar-refractivity contribution in [1.29, 1.82) is 0 Å². The summed E-state index contributed by atoms with van der Waals surface area (Å²) in [6.07, 6.45) is 5.14. The topological polar surface area (TPSA) is 140 Å². The van der Waals surface area contributed by atoms with E-state index in [0.717, 1.165) is 0 Å². The Hall–Kier alpha value is -4.52. The van der Waals surface area contributed by atoms with Crippen LogP contribution in [0.4, 0.5) is 10.5 Å². The quantitative estimate of drug-likeness (QED) is 0.316. The van der Waals surface area contributed by atoms with E-state index in [9.17, 15) is 19.2 Å². The largest absolute Gasteiger partial charge is 0.497 e.